The van der Waals surface area contributed by atoms with E-state index in [4.69, 9.17) is 0 Å². The van der Waals surface area contributed by atoms with Gasteiger partial charge in [-0.05, 0) is 29.7 Å². The van der Waals surface area contributed by atoms with Crippen molar-refractivity contribution in [1.82, 2.24) is 19.5 Å². The van der Waals surface area contributed by atoms with Gasteiger partial charge in [0, 0.05) is 24.2 Å². The molecule has 0 amide bonds. The molecule has 1 aromatic carbocycles. The Kier molecular flexibility index (Phi) is 6.21. The van der Waals surface area contributed by atoms with Crippen molar-refractivity contribution in [3.63, 3.8) is 0 Å². The van der Waals surface area contributed by atoms with Gasteiger partial charge in [0.2, 0.25) is 5.95 Å². The van der Waals surface area contributed by atoms with Crippen LogP contribution in [0.1, 0.15) is 16.9 Å². The average molecular weight is 467 g/mol. The van der Waals surface area contributed by atoms with Crippen LogP contribution in [0.3, 0.4) is 0 Å². The molecule has 1 aliphatic rings. The fourth-order valence-electron chi connectivity index (χ4n) is 3.13. The molecule has 0 N–H and O–H groups in total. The molecule has 1 aliphatic heterocycles. The number of nitrogens with zero attached hydrogens (tertiary/aromatic N) is 5. The van der Waals surface area contributed by atoms with E-state index >= 15 is 0 Å². The number of alkyl halides is 3. The second kappa shape index (κ2) is 9.07. The Balaban J connectivity index is 1.39. The predicted octanol–water partition coefficient (Wildman–Crippen LogP) is 3.52. The van der Waals surface area contributed by atoms with Crippen molar-refractivity contribution in [1.29, 1.82) is 0 Å². The number of hydrogen-bond donors (Lipinski definition) is 0. The van der Waals surface area contributed by atoms with E-state index in [1.54, 1.807) is 12.1 Å². The third kappa shape index (κ3) is 5.49. The third-order valence-corrected chi connectivity index (χ3v) is 5.57. The number of aromatic nitrogens is 4. The van der Waals surface area contributed by atoms with Gasteiger partial charge < -0.3 is 9.64 Å². The van der Waals surface area contributed by atoms with Crippen LogP contribution < -0.4 is 15.3 Å². The summed E-state index contributed by atoms with van der Waals surface area (Å²) in [5, 5.41) is -0.125. The van der Waals surface area contributed by atoms with Crippen molar-refractivity contribution in [3.05, 3.63) is 69.6 Å². The van der Waals surface area contributed by atoms with Crippen LogP contribution in [0.15, 0.2) is 47.7 Å². The second-order valence-corrected chi connectivity index (χ2v) is 8.07. The molecule has 3 heterocycles. The molecule has 12 heteroatoms. The highest BCUT2D eigenvalue weighted by Gasteiger charge is 2.29. The van der Waals surface area contributed by atoms with Crippen LogP contribution in [0.2, 0.25) is 0 Å². The summed E-state index contributed by atoms with van der Waals surface area (Å²) in [6.07, 6.45) is 0.934. The molecule has 0 fully saturated rings. The Labute approximate surface area is 183 Å². The molecule has 0 aliphatic carbocycles. The van der Waals surface area contributed by atoms with Crippen molar-refractivity contribution in [3.8, 4) is 5.19 Å². The van der Waals surface area contributed by atoms with Crippen LogP contribution in [-0.2, 0) is 6.54 Å². The summed E-state index contributed by atoms with van der Waals surface area (Å²) < 4.78 is 55.6. The Morgan fingerprint density at radius 2 is 1.94 bits per heavy atom. The molecule has 7 nitrogen and oxygen atoms in total. The number of halogens is 4. The van der Waals surface area contributed by atoms with E-state index in [9.17, 15) is 22.4 Å². The Hall–Kier alpha value is -3.28. The minimum atomic E-state index is -4.45. The van der Waals surface area contributed by atoms with E-state index in [1.807, 2.05) is 11.0 Å². The fraction of sp³-hybridized carbons (Fsp3) is 0.300. The molecule has 0 atom stereocenters. The second-order valence-electron chi connectivity index (χ2n) is 7.00. The summed E-state index contributed by atoms with van der Waals surface area (Å²) >= 11 is 0.918. The largest absolute Gasteiger partial charge is 0.460 e. The van der Waals surface area contributed by atoms with Crippen molar-refractivity contribution in [2.75, 3.05) is 24.6 Å². The van der Waals surface area contributed by atoms with Gasteiger partial charge in [0.15, 0.2) is 6.61 Å². The zero-order valence-electron chi connectivity index (χ0n) is 16.5. The van der Waals surface area contributed by atoms with Gasteiger partial charge in [-0.25, -0.2) is 19.2 Å². The lowest BCUT2D eigenvalue weighted by atomic mass is 10.00. The van der Waals surface area contributed by atoms with Gasteiger partial charge in [0.25, 0.3) is 5.19 Å². The number of benzene rings is 1. The number of anilines is 1. The minimum Gasteiger partial charge on any atom is -0.460 e. The normalized spacial score (nSPS) is 14.4. The molecular weight excluding hydrogens is 450 g/mol. The monoisotopic (exact) mass is 467 g/mol. The molecule has 4 rings (SSSR count). The molecule has 0 radical (unpaired) electrons. The molecule has 0 bridgehead atoms. The Morgan fingerprint density at radius 3 is 2.59 bits per heavy atom. The quantitative estimate of drug-likeness (QED) is 0.517. The van der Waals surface area contributed by atoms with Crippen LogP contribution >= 0.6 is 11.3 Å². The van der Waals surface area contributed by atoms with Gasteiger partial charge in [-0.15, -0.1) is 0 Å². The van der Waals surface area contributed by atoms with Gasteiger partial charge in [0.1, 0.15) is 12.1 Å². The van der Waals surface area contributed by atoms with E-state index in [1.165, 1.54) is 29.2 Å². The van der Waals surface area contributed by atoms with Gasteiger partial charge in [-0.3, -0.25) is 4.57 Å². The molecular formula is C20H17F4N5O2S. The zero-order chi connectivity index (χ0) is 22.7. The van der Waals surface area contributed by atoms with Crippen LogP contribution in [0.5, 0.6) is 5.19 Å². The highest BCUT2D eigenvalue weighted by Crippen LogP contribution is 2.25. The average Bonchev–Trinajstić information content (AvgIpc) is 3.21. The summed E-state index contributed by atoms with van der Waals surface area (Å²) in [6.45, 7) is -0.252. The van der Waals surface area contributed by atoms with Crippen molar-refractivity contribution < 1.29 is 22.3 Å². The number of hydrogen-bond acceptors (Lipinski definition) is 7. The summed E-state index contributed by atoms with van der Waals surface area (Å²) in [6, 6.07) is 6.29. The highest BCUT2D eigenvalue weighted by molar-refractivity contribution is 7.13. The van der Waals surface area contributed by atoms with E-state index < -0.39 is 18.5 Å². The lowest BCUT2D eigenvalue weighted by Gasteiger charge is -2.26. The minimum absolute atomic E-state index is 0.0702. The fourth-order valence-corrected chi connectivity index (χ4v) is 3.88. The predicted molar refractivity (Wildman–Crippen MR) is 110 cm³/mol. The zero-order valence-corrected chi connectivity index (χ0v) is 17.4. The van der Waals surface area contributed by atoms with E-state index in [0.717, 1.165) is 22.5 Å². The summed E-state index contributed by atoms with van der Waals surface area (Å²) in [5.41, 5.74) is 1.50. The van der Waals surface area contributed by atoms with Crippen LogP contribution in [0, 0.1) is 5.82 Å². The van der Waals surface area contributed by atoms with E-state index in [-0.39, 0.29) is 17.6 Å². The topological polar surface area (TPSA) is 73.1 Å². The lowest BCUT2D eigenvalue weighted by molar-refractivity contribution is -0.153. The Bertz CT molecular complexity index is 1170. The molecule has 32 heavy (non-hydrogen) atoms. The smallest absolute Gasteiger partial charge is 0.422 e. The van der Waals surface area contributed by atoms with Crippen molar-refractivity contribution in [2.24, 2.45) is 0 Å². The first-order valence-corrected chi connectivity index (χ1v) is 10.4. The number of rotatable bonds is 6. The third-order valence-electron chi connectivity index (χ3n) is 4.68. The molecule has 3 aromatic rings. The molecule has 0 saturated carbocycles. The van der Waals surface area contributed by atoms with E-state index in [2.05, 4.69) is 19.7 Å². The summed E-state index contributed by atoms with van der Waals surface area (Å²) in [7, 11) is 0. The SMILES string of the molecule is O=c1nc(N2CC=C(c3ccc(F)cc3)CC2)ncn1Cc1cnc(OCC(F)(F)F)s1. The molecule has 0 unspecified atom stereocenters. The maximum Gasteiger partial charge on any atom is 0.422 e. The van der Waals surface area contributed by atoms with Crippen molar-refractivity contribution >= 4 is 22.9 Å². The molecule has 0 saturated heterocycles. The van der Waals surface area contributed by atoms with Crippen LogP contribution in [0.4, 0.5) is 23.5 Å². The highest BCUT2D eigenvalue weighted by atomic mass is 32.1. The maximum absolute atomic E-state index is 13.1. The number of ether oxygens (including phenoxy) is 1. The first kappa shape index (κ1) is 21.9. The molecule has 2 aromatic heterocycles. The maximum atomic E-state index is 13.1. The van der Waals surface area contributed by atoms with Gasteiger partial charge in [0.05, 0.1) is 6.54 Å². The van der Waals surface area contributed by atoms with Gasteiger partial charge >= 0.3 is 11.9 Å². The standard InChI is InChI=1S/C20H17F4N5O2S/c21-15-3-1-13(2-4-15)14-5-7-28(8-6-14)17-26-12-29(18(30)27-17)10-16-9-25-19(32-16)31-11-20(22,23)24/h1-5,9,12H,6-8,10-11H2. The first-order valence-electron chi connectivity index (χ1n) is 9.54. The van der Waals surface area contributed by atoms with E-state index in [0.29, 0.717) is 30.3 Å². The molecule has 168 valence electrons. The first-order chi connectivity index (χ1) is 15.3. The number of thiazole rings is 1. The Morgan fingerprint density at radius 1 is 1.16 bits per heavy atom. The lowest BCUT2D eigenvalue weighted by Crippen LogP contribution is -2.33. The molecule has 0 spiro atoms. The van der Waals surface area contributed by atoms with Crippen LogP contribution in [-0.4, -0.2) is 45.4 Å². The van der Waals surface area contributed by atoms with Gasteiger partial charge in [-0.2, -0.15) is 18.2 Å². The van der Waals surface area contributed by atoms with Crippen molar-refractivity contribution in [2.45, 2.75) is 19.1 Å². The van der Waals surface area contributed by atoms with Gasteiger partial charge in [-0.1, -0.05) is 29.5 Å². The summed E-state index contributed by atoms with van der Waals surface area (Å²) in [4.78, 5) is 26.8. The summed E-state index contributed by atoms with van der Waals surface area (Å²) in [5.74, 6) is 0.00305. The van der Waals surface area contributed by atoms with Crippen LogP contribution in [0.25, 0.3) is 5.57 Å².